The lowest BCUT2D eigenvalue weighted by Crippen LogP contribution is -2.30. The number of benzene rings is 2. The van der Waals surface area contributed by atoms with E-state index in [1.165, 1.54) is 6.07 Å². The zero-order valence-electron chi connectivity index (χ0n) is 13.0. The summed E-state index contributed by atoms with van der Waals surface area (Å²) in [5.74, 6) is -2.23. The number of nitrogens with zero attached hydrogens (tertiary/aromatic N) is 1. The fraction of sp³-hybridized carbons (Fsp3) is 0.312. The zero-order chi connectivity index (χ0) is 17.8. The Kier molecular flexibility index (Phi) is 3.58. The minimum atomic E-state index is -4.22. The van der Waals surface area contributed by atoms with Crippen molar-refractivity contribution < 1.29 is 27.4 Å². The van der Waals surface area contributed by atoms with Gasteiger partial charge >= 0.3 is 10.2 Å². The number of ether oxygens (including phenoxy) is 1. The van der Waals surface area contributed by atoms with Crippen LogP contribution in [0.25, 0.3) is 10.8 Å². The second kappa shape index (κ2) is 5.57. The van der Waals surface area contributed by atoms with Crippen molar-refractivity contribution in [2.75, 3.05) is 17.5 Å². The summed E-state index contributed by atoms with van der Waals surface area (Å²) in [5.41, 5.74) is 0.259. The molecule has 2 fully saturated rings. The number of phenols is 1. The van der Waals surface area contributed by atoms with Crippen molar-refractivity contribution in [1.29, 1.82) is 0 Å². The standard InChI is InChI=1S/C16H15FN2O5S/c17-15-11-6-10(13-2-1-5-24-13)4-3-9(11)7-12(20)16(15)19-8-14(21)18-25(19,22)23/h3-4,6-7,13,20H,1-2,5,8H2,(H,18,21). The lowest BCUT2D eigenvalue weighted by atomic mass is 10.0. The van der Waals surface area contributed by atoms with Gasteiger partial charge in [-0.25, -0.2) is 13.4 Å². The molecule has 0 radical (unpaired) electrons. The minimum Gasteiger partial charge on any atom is -0.506 e. The number of hydrogen-bond acceptors (Lipinski definition) is 5. The molecular formula is C16H15FN2O5S. The van der Waals surface area contributed by atoms with Crippen molar-refractivity contribution in [3.63, 3.8) is 0 Å². The summed E-state index contributed by atoms with van der Waals surface area (Å²) < 4.78 is 46.9. The van der Waals surface area contributed by atoms with E-state index in [1.54, 1.807) is 22.9 Å². The molecule has 1 atom stereocenters. The minimum absolute atomic E-state index is 0.125. The molecular weight excluding hydrogens is 351 g/mol. The van der Waals surface area contributed by atoms with Gasteiger partial charge in [0.2, 0.25) is 0 Å². The number of hydrogen-bond donors (Lipinski definition) is 2. The van der Waals surface area contributed by atoms with Crippen molar-refractivity contribution in [3.05, 3.63) is 35.6 Å². The average molecular weight is 366 g/mol. The lowest BCUT2D eigenvalue weighted by molar-refractivity contribution is -0.117. The third kappa shape index (κ3) is 2.59. The summed E-state index contributed by atoms with van der Waals surface area (Å²) in [6.45, 7) is 0.0650. The van der Waals surface area contributed by atoms with Crippen molar-refractivity contribution in [1.82, 2.24) is 4.72 Å². The molecule has 2 aromatic rings. The Hall–Kier alpha value is -2.39. The largest absolute Gasteiger partial charge is 0.506 e. The van der Waals surface area contributed by atoms with Gasteiger partial charge in [-0.15, -0.1) is 0 Å². The molecule has 0 saturated carbocycles. The van der Waals surface area contributed by atoms with Crippen LogP contribution in [0.4, 0.5) is 10.1 Å². The number of amides is 1. The van der Waals surface area contributed by atoms with Crippen LogP contribution in [0.5, 0.6) is 5.75 Å². The van der Waals surface area contributed by atoms with Gasteiger partial charge in [-0.1, -0.05) is 12.1 Å². The number of nitrogens with one attached hydrogen (secondary N) is 1. The summed E-state index contributed by atoms with van der Waals surface area (Å²) in [6, 6.07) is 6.34. The topological polar surface area (TPSA) is 95.9 Å². The Morgan fingerprint density at radius 2 is 2.12 bits per heavy atom. The average Bonchev–Trinajstić information content (AvgIpc) is 3.15. The molecule has 0 spiro atoms. The van der Waals surface area contributed by atoms with Gasteiger partial charge < -0.3 is 9.84 Å². The first-order valence-electron chi connectivity index (χ1n) is 7.77. The number of carbonyl (C=O) groups is 1. The van der Waals surface area contributed by atoms with Crippen LogP contribution in [0.2, 0.25) is 0 Å². The quantitative estimate of drug-likeness (QED) is 0.844. The first-order chi connectivity index (χ1) is 11.9. The van der Waals surface area contributed by atoms with E-state index in [0.29, 0.717) is 16.3 Å². The molecule has 1 unspecified atom stereocenters. The zero-order valence-corrected chi connectivity index (χ0v) is 13.8. The maximum absolute atomic E-state index is 15.1. The van der Waals surface area contributed by atoms with Crippen LogP contribution in [0.15, 0.2) is 24.3 Å². The molecule has 2 saturated heterocycles. The van der Waals surface area contributed by atoms with Gasteiger partial charge in [-0.3, -0.25) is 4.79 Å². The Bertz CT molecular complexity index is 986. The fourth-order valence-electron chi connectivity index (χ4n) is 3.27. The van der Waals surface area contributed by atoms with E-state index < -0.39 is 39.9 Å². The first-order valence-corrected chi connectivity index (χ1v) is 9.21. The fourth-order valence-corrected chi connectivity index (χ4v) is 4.43. The molecule has 25 heavy (non-hydrogen) atoms. The molecule has 0 aliphatic carbocycles. The third-order valence-corrected chi connectivity index (χ3v) is 5.81. The highest BCUT2D eigenvalue weighted by atomic mass is 32.2. The Morgan fingerprint density at radius 3 is 2.76 bits per heavy atom. The summed E-state index contributed by atoms with van der Waals surface area (Å²) >= 11 is 0. The molecule has 9 heteroatoms. The van der Waals surface area contributed by atoms with Crippen LogP contribution in [-0.4, -0.2) is 32.6 Å². The van der Waals surface area contributed by atoms with E-state index in [9.17, 15) is 18.3 Å². The first kappa shape index (κ1) is 16.1. The van der Waals surface area contributed by atoms with E-state index in [4.69, 9.17) is 4.74 Å². The monoisotopic (exact) mass is 366 g/mol. The summed E-state index contributed by atoms with van der Waals surface area (Å²) in [4.78, 5) is 11.4. The number of aromatic hydroxyl groups is 1. The maximum atomic E-state index is 15.1. The van der Waals surface area contributed by atoms with Crippen LogP contribution in [-0.2, 0) is 19.7 Å². The number of carbonyl (C=O) groups excluding carboxylic acids is 1. The molecule has 2 aliphatic heterocycles. The van der Waals surface area contributed by atoms with Crippen molar-refractivity contribution in [3.8, 4) is 5.75 Å². The van der Waals surface area contributed by atoms with Gasteiger partial charge in [-0.2, -0.15) is 8.42 Å². The van der Waals surface area contributed by atoms with Crippen molar-refractivity contribution in [2.45, 2.75) is 18.9 Å². The van der Waals surface area contributed by atoms with Gasteiger partial charge in [0.05, 0.1) is 6.10 Å². The molecule has 2 aromatic carbocycles. The Labute approximate surface area is 143 Å². The van der Waals surface area contributed by atoms with E-state index >= 15 is 4.39 Å². The van der Waals surface area contributed by atoms with Crippen LogP contribution >= 0.6 is 0 Å². The molecule has 7 nitrogen and oxygen atoms in total. The lowest BCUT2D eigenvalue weighted by Gasteiger charge is -2.19. The number of rotatable bonds is 2. The van der Waals surface area contributed by atoms with E-state index in [0.717, 1.165) is 18.4 Å². The number of halogens is 1. The van der Waals surface area contributed by atoms with Crippen molar-refractivity contribution >= 4 is 32.6 Å². The van der Waals surface area contributed by atoms with E-state index in [-0.39, 0.29) is 11.5 Å². The highest BCUT2D eigenvalue weighted by molar-refractivity contribution is 7.92. The highest BCUT2D eigenvalue weighted by Crippen LogP contribution is 2.40. The third-order valence-electron chi connectivity index (χ3n) is 4.43. The number of phenolic OH excluding ortho intramolecular Hbond substituents is 1. The summed E-state index contributed by atoms with van der Waals surface area (Å²) in [5, 5.41) is 10.7. The SMILES string of the molecule is O=C1CN(c2c(O)cc3ccc(C4CCCO4)cc3c2F)S(=O)(=O)N1. The van der Waals surface area contributed by atoms with E-state index in [1.807, 2.05) is 0 Å². The molecule has 0 aromatic heterocycles. The highest BCUT2D eigenvalue weighted by Gasteiger charge is 2.37. The van der Waals surface area contributed by atoms with E-state index in [2.05, 4.69) is 0 Å². The van der Waals surface area contributed by atoms with Gasteiger partial charge in [0, 0.05) is 12.0 Å². The van der Waals surface area contributed by atoms with Crippen LogP contribution < -0.4 is 9.03 Å². The molecule has 1 amide bonds. The second-order valence-electron chi connectivity index (χ2n) is 6.08. The molecule has 2 N–H and O–H groups in total. The Morgan fingerprint density at radius 1 is 1.32 bits per heavy atom. The normalized spacial score (nSPS) is 22.5. The number of anilines is 1. The molecule has 4 rings (SSSR count). The van der Waals surface area contributed by atoms with Gasteiger partial charge in [0.15, 0.2) is 5.82 Å². The second-order valence-corrected chi connectivity index (χ2v) is 7.67. The predicted octanol–water partition coefficient (Wildman–Crippen LogP) is 1.72. The molecule has 132 valence electrons. The van der Waals surface area contributed by atoms with Crippen molar-refractivity contribution in [2.24, 2.45) is 0 Å². The summed E-state index contributed by atoms with van der Waals surface area (Å²) in [6.07, 6.45) is 1.63. The molecule has 2 aliphatic rings. The van der Waals surface area contributed by atoms with Crippen LogP contribution in [0.1, 0.15) is 24.5 Å². The maximum Gasteiger partial charge on any atom is 0.326 e. The van der Waals surface area contributed by atoms with Gasteiger partial charge in [-0.05, 0) is 35.9 Å². The molecule has 2 heterocycles. The van der Waals surface area contributed by atoms with Gasteiger partial charge in [0.25, 0.3) is 5.91 Å². The van der Waals surface area contributed by atoms with Crippen LogP contribution in [0.3, 0.4) is 0 Å². The molecule has 0 bridgehead atoms. The summed E-state index contributed by atoms with van der Waals surface area (Å²) in [7, 11) is -4.22. The smallest absolute Gasteiger partial charge is 0.326 e. The van der Waals surface area contributed by atoms with Gasteiger partial charge in [0.1, 0.15) is 18.0 Å². The number of fused-ring (bicyclic) bond motifs is 1. The Balaban J connectivity index is 1.88. The predicted molar refractivity (Wildman–Crippen MR) is 87.9 cm³/mol. The van der Waals surface area contributed by atoms with Crippen LogP contribution in [0, 0.1) is 5.82 Å².